The molecule has 0 atom stereocenters. The molecule has 0 saturated carbocycles. The molecule has 0 saturated heterocycles. The zero-order chi connectivity index (χ0) is 19.6. The van der Waals surface area contributed by atoms with E-state index < -0.39 is 7.12 Å². The molecule has 0 N–H and O–H groups in total. The van der Waals surface area contributed by atoms with Crippen LogP contribution in [0.25, 0.3) is 5.57 Å². The molecule has 0 aliphatic carbocycles. The minimum Gasteiger partial charge on any atom is -0.348 e. The maximum atomic E-state index is 15.1. The van der Waals surface area contributed by atoms with E-state index >= 15 is 4.32 Å². The molecule has 0 amide bonds. The molecule has 3 rings (SSSR count). The van der Waals surface area contributed by atoms with Crippen LogP contribution in [0.4, 0.5) is 4.32 Å². The zero-order valence-electron chi connectivity index (χ0n) is 16.6. The molecular formula is C23H24BFN2. The highest BCUT2D eigenvalue weighted by atomic mass is 19.1. The van der Waals surface area contributed by atoms with Gasteiger partial charge in [-0.3, -0.25) is 9.31 Å². The number of aromatic nitrogens is 1. The molecule has 2 aromatic rings. The van der Waals surface area contributed by atoms with Gasteiger partial charge in [-0.25, -0.2) is 0 Å². The zero-order valence-corrected chi connectivity index (χ0v) is 16.6. The van der Waals surface area contributed by atoms with Crippen molar-refractivity contribution in [3.05, 3.63) is 76.3 Å². The molecule has 1 aliphatic rings. The monoisotopic (exact) mass is 358 g/mol. The van der Waals surface area contributed by atoms with Gasteiger partial charge in [0, 0.05) is 23.5 Å². The van der Waals surface area contributed by atoms with Gasteiger partial charge in [0.15, 0.2) is 0 Å². The van der Waals surface area contributed by atoms with Crippen LogP contribution in [0.1, 0.15) is 43.3 Å². The van der Waals surface area contributed by atoms with E-state index in [4.69, 9.17) is 0 Å². The fraction of sp³-hybridized carbons (Fsp3) is 0.261. The smallest absolute Gasteiger partial charge is 0.348 e. The number of halogens is 1. The van der Waals surface area contributed by atoms with E-state index in [-0.39, 0.29) is 0 Å². The summed E-state index contributed by atoms with van der Waals surface area (Å²) in [6, 6.07) is 11.9. The highest BCUT2D eigenvalue weighted by molar-refractivity contribution is 6.59. The van der Waals surface area contributed by atoms with E-state index in [1.807, 2.05) is 71.0 Å². The summed E-state index contributed by atoms with van der Waals surface area (Å²) >= 11 is 0. The summed E-state index contributed by atoms with van der Waals surface area (Å²) in [5.74, 6) is 5.77. The van der Waals surface area contributed by atoms with Crippen LogP contribution in [0.3, 0.4) is 0 Å². The van der Waals surface area contributed by atoms with Crippen LogP contribution in [-0.4, -0.2) is 17.3 Å². The lowest BCUT2D eigenvalue weighted by atomic mass is 9.86. The summed E-state index contributed by atoms with van der Waals surface area (Å²) in [5.41, 5.74) is 7.87. The predicted octanol–water partition coefficient (Wildman–Crippen LogP) is 5.35. The molecule has 1 aromatic carbocycles. The third-order valence-corrected chi connectivity index (χ3v) is 4.80. The van der Waals surface area contributed by atoms with Gasteiger partial charge in [-0.05, 0) is 69.0 Å². The van der Waals surface area contributed by atoms with Gasteiger partial charge < -0.3 is 4.48 Å². The lowest BCUT2D eigenvalue weighted by Crippen LogP contribution is -2.21. The Morgan fingerprint density at radius 3 is 2.48 bits per heavy atom. The van der Waals surface area contributed by atoms with Crippen molar-refractivity contribution in [3.63, 3.8) is 0 Å². The van der Waals surface area contributed by atoms with Crippen molar-refractivity contribution in [1.29, 1.82) is 0 Å². The van der Waals surface area contributed by atoms with Crippen molar-refractivity contribution in [2.75, 3.05) is 0 Å². The van der Waals surface area contributed by atoms with Crippen LogP contribution in [0.5, 0.6) is 0 Å². The van der Waals surface area contributed by atoms with Crippen molar-refractivity contribution < 1.29 is 4.32 Å². The summed E-state index contributed by atoms with van der Waals surface area (Å²) in [5, 5.41) is 0. The Balaban J connectivity index is 1.96. The minimum atomic E-state index is -1.39. The number of hydrogen-bond donors (Lipinski definition) is 0. The molecule has 4 heteroatoms. The summed E-state index contributed by atoms with van der Waals surface area (Å²) in [6.07, 6.45) is 2.60. The number of rotatable bonds is 3. The van der Waals surface area contributed by atoms with Crippen molar-refractivity contribution in [3.8, 4) is 11.7 Å². The van der Waals surface area contributed by atoms with Crippen molar-refractivity contribution in [2.45, 2.75) is 41.0 Å². The summed E-state index contributed by atoms with van der Waals surface area (Å²) in [7, 11) is -1.39. The van der Waals surface area contributed by atoms with E-state index in [1.165, 1.54) is 0 Å². The van der Waals surface area contributed by atoms with Gasteiger partial charge >= 0.3 is 7.12 Å². The number of aryl methyl sites for hydroxylation is 2. The topological polar surface area (TPSA) is 17.3 Å². The molecule has 136 valence electrons. The molecule has 0 radical (unpaired) electrons. The molecule has 27 heavy (non-hydrogen) atoms. The van der Waals surface area contributed by atoms with E-state index in [2.05, 4.69) is 22.8 Å². The fourth-order valence-electron chi connectivity index (χ4n) is 3.65. The lowest BCUT2D eigenvalue weighted by Gasteiger charge is -2.13. The third-order valence-electron chi connectivity index (χ3n) is 4.80. The molecule has 2 heterocycles. The maximum absolute atomic E-state index is 15.1. The van der Waals surface area contributed by atoms with Crippen molar-refractivity contribution in [1.82, 2.24) is 4.48 Å². The Bertz CT molecular complexity index is 1010. The van der Waals surface area contributed by atoms with Gasteiger partial charge in [-0.1, -0.05) is 36.2 Å². The molecule has 1 aliphatic heterocycles. The Labute approximate surface area is 161 Å². The standard InChI is InChI=1S/C23H24BFN2/c1-16-14-18(3)26-22(16)20(5)23-17(2)15-19(4)27(23)24(25)13-9-12-21-10-7-6-8-11-21/h6-8,10-11,14-15H,12H2,1-5H3/b22-20-. The fourth-order valence-corrected chi connectivity index (χ4v) is 3.65. The van der Waals surface area contributed by atoms with Crippen LogP contribution in [0.15, 0.2) is 58.7 Å². The van der Waals surface area contributed by atoms with Gasteiger partial charge in [-0.15, -0.1) is 5.92 Å². The Hall–Kier alpha value is -2.80. The third kappa shape index (κ3) is 3.98. The average molecular weight is 358 g/mol. The first kappa shape index (κ1) is 19.0. The normalized spacial score (nSPS) is 15.0. The first-order chi connectivity index (χ1) is 12.9. The van der Waals surface area contributed by atoms with Gasteiger partial charge in [0.05, 0.1) is 5.70 Å². The maximum Gasteiger partial charge on any atom is 0.551 e. The average Bonchev–Trinajstić information content (AvgIpc) is 3.12. The number of hydrogen-bond acceptors (Lipinski definition) is 1. The Morgan fingerprint density at radius 1 is 1.15 bits per heavy atom. The highest BCUT2D eigenvalue weighted by Gasteiger charge is 2.24. The Kier molecular flexibility index (Phi) is 5.51. The number of allylic oxidation sites excluding steroid dienone is 3. The van der Waals surface area contributed by atoms with E-state index in [1.54, 1.807) is 4.48 Å². The van der Waals surface area contributed by atoms with Gasteiger partial charge in [0.25, 0.3) is 0 Å². The number of aliphatic imine (C=N–C) groups is 1. The van der Waals surface area contributed by atoms with E-state index in [0.717, 1.165) is 45.1 Å². The summed E-state index contributed by atoms with van der Waals surface area (Å²) in [6.45, 7) is 9.97. The van der Waals surface area contributed by atoms with Crippen molar-refractivity contribution >= 4 is 18.4 Å². The van der Waals surface area contributed by atoms with E-state index in [9.17, 15) is 0 Å². The first-order valence-electron chi connectivity index (χ1n) is 9.18. The second kappa shape index (κ2) is 7.84. The summed E-state index contributed by atoms with van der Waals surface area (Å²) < 4.78 is 16.8. The second-order valence-corrected chi connectivity index (χ2v) is 7.06. The number of nitrogens with zero attached hydrogens (tertiary/aromatic N) is 2. The highest BCUT2D eigenvalue weighted by Crippen LogP contribution is 2.31. The molecule has 0 bridgehead atoms. The molecule has 0 fully saturated rings. The lowest BCUT2D eigenvalue weighted by molar-refractivity contribution is 0.801. The van der Waals surface area contributed by atoms with Crippen LogP contribution < -0.4 is 0 Å². The van der Waals surface area contributed by atoms with Crippen LogP contribution in [0.2, 0.25) is 0 Å². The molecular weight excluding hydrogens is 334 g/mol. The minimum absolute atomic E-state index is 0.543. The molecule has 2 nitrogen and oxygen atoms in total. The van der Waals surface area contributed by atoms with Gasteiger partial charge in [-0.2, -0.15) is 0 Å². The van der Waals surface area contributed by atoms with Crippen LogP contribution >= 0.6 is 0 Å². The molecule has 1 aromatic heterocycles. The van der Waals surface area contributed by atoms with Crippen LogP contribution in [0, 0.1) is 25.6 Å². The second-order valence-electron chi connectivity index (χ2n) is 7.06. The number of benzene rings is 1. The van der Waals surface area contributed by atoms with Gasteiger partial charge in [0.1, 0.15) is 0 Å². The largest absolute Gasteiger partial charge is 0.551 e. The van der Waals surface area contributed by atoms with Crippen LogP contribution in [-0.2, 0) is 6.42 Å². The summed E-state index contributed by atoms with van der Waals surface area (Å²) in [4.78, 5) is 4.63. The SMILES string of the molecule is CC1=CC(C)=N/C1=C(/C)c1c(C)cc(C)n1B(F)C#CCc1ccccc1. The quantitative estimate of drug-likeness (QED) is 0.520. The molecule has 0 spiro atoms. The van der Waals surface area contributed by atoms with Gasteiger partial charge in [0.2, 0.25) is 0 Å². The first-order valence-corrected chi connectivity index (χ1v) is 9.18. The molecule has 0 unspecified atom stereocenters. The van der Waals surface area contributed by atoms with E-state index in [0.29, 0.717) is 6.42 Å². The predicted molar refractivity (Wildman–Crippen MR) is 114 cm³/mol. The van der Waals surface area contributed by atoms with Crippen molar-refractivity contribution in [2.24, 2.45) is 4.99 Å². The Morgan fingerprint density at radius 2 is 1.85 bits per heavy atom.